The van der Waals surface area contributed by atoms with Crippen LogP contribution in [0, 0.1) is 0 Å². The Kier molecular flexibility index (Phi) is 4.48. The van der Waals surface area contributed by atoms with Gasteiger partial charge < -0.3 is 10.4 Å². The molecule has 0 aliphatic carbocycles. The van der Waals surface area contributed by atoms with Crippen LogP contribution in [0.3, 0.4) is 0 Å². The average molecular weight is 287 g/mol. The van der Waals surface area contributed by atoms with Gasteiger partial charge in [-0.2, -0.15) is 11.8 Å². The van der Waals surface area contributed by atoms with Gasteiger partial charge in [0.2, 0.25) is 0 Å². The van der Waals surface area contributed by atoms with Crippen molar-refractivity contribution in [3.63, 3.8) is 0 Å². The summed E-state index contributed by atoms with van der Waals surface area (Å²) in [5.74, 6) is 1.57. The molecule has 98 valence electrons. The van der Waals surface area contributed by atoms with E-state index in [1.165, 1.54) is 6.20 Å². The van der Waals surface area contributed by atoms with Crippen LogP contribution >= 0.6 is 23.4 Å². The van der Waals surface area contributed by atoms with Crippen LogP contribution in [0.25, 0.3) is 0 Å². The lowest BCUT2D eigenvalue weighted by atomic mass is 9.97. The van der Waals surface area contributed by atoms with E-state index in [4.69, 9.17) is 11.6 Å². The van der Waals surface area contributed by atoms with E-state index >= 15 is 0 Å². The smallest absolute Gasteiger partial charge is 0.254 e. The first-order valence-corrected chi connectivity index (χ1v) is 7.33. The largest absolute Gasteiger partial charge is 0.388 e. The highest BCUT2D eigenvalue weighted by atomic mass is 35.5. The summed E-state index contributed by atoms with van der Waals surface area (Å²) in [4.78, 5) is 15.7. The number of carbonyl (C=O) groups is 1. The van der Waals surface area contributed by atoms with Crippen LogP contribution < -0.4 is 5.32 Å². The number of amides is 1. The summed E-state index contributed by atoms with van der Waals surface area (Å²) in [6.07, 6.45) is 2.95. The number of nitrogens with zero attached hydrogens (tertiary/aromatic N) is 1. The van der Waals surface area contributed by atoms with E-state index in [1.54, 1.807) is 12.1 Å². The van der Waals surface area contributed by atoms with Crippen molar-refractivity contribution in [2.75, 3.05) is 18.1 Å². The molecule has 1 aromatic heterocycles. The normalized spacial score (nSPS) is 18.3. The first kappa shape index (κ1) is 13.6. The molecular weight excluding hydrogens is 272 g/mol. The molecular formula is C12H15ClN2O2S. The molecule has 6 heteroatoms. The zero-order chi connectivity index (χ0) is 13.0. The van der Waals surface area contributed by atoms with E-state index in [0.29, 0.717) is 18.4 Å². The van der Waals surface area contributed by atoms with Gasteiger partial charge >= 0.3 is 0 Å². The Bertz CT molecular complexity index is 436. The Morgan fingerprint density at radius 2 is 2.28 bits per heavy atom. The van der Waals surface area contributed by atoms with E-state index in [-0.39, 0.29) is 17.6 Å². The third-order valence-corrected chi connectivity index (χ3v) is 4.29. The molecule has 2 N–H and O–H groups in total. The van der Waals surface area contributed by atoms with Crippen LogP contribution in [-0.2, 0) is 0 Å². The second-order valence-electron chi connectivity index (χ2n) is 4.36. The van der Waals surface area contributed by atoms with Crippen LogP contribution in [0.5, 0.6) is 0 Å². The number of pyridine rings is 1. The van der Waals surface area contributed by atoms with Crippen molar-refractivity contribution in [3.8, 4) is 0 Å². The number of carbonyl (C=O) groups excluding carboxylic acids is 1. The molecule has 0 radical (unpaired) electrons. The van der Waals surface area contributed by atoms with Crippen LogP contribution in [-0.4, -0.2) is 39.6 Å². The predicted molar refractivity (Wildman–Crippen MR) is 73.1 cm³/mol. The molecule has 0 aromatic carbocycles. The first-order valence-electron chi connectivity index (χ1n) is 5.80. The highest BCUT2D eigenvalue weighted by Crippen LogP contribution is 2.26. The van der Waals surface area contributed by atoms with Crippen molar-refractivity contribution in [2.45, 2.75) is 18.4 Å². The van der Waals surface area contributed by atoms with Crippen molar-refractivity contribution >= 4 is 29.3 Å². The SMILES string of the molecule is O=C(NCC1(O)CCSCC1)c1cccnc1Cl. The predicted octanol–water partition coefficient (Wildman–Crippen LogP) is 1.72. The van der Waals surface area contributed by atoms with Crippen molar-refractivity contribution < 1.29 is 9.90 Å². The second kappa shape index (κ2) is 5.91. The molecule has 0 saturated carbocycles. The zero-order valence-electron chi connectivity index (χ0n) is 9.86. The van der Waals surface area contributed by atoms with Gasteiger partial charge in [0.15, 0.2) is 0 Å². The van der Waals surface area contributed by atoms with E-state index in [9.17, 15) is 9.90 Å². The van der Waals surface area contributed by atoms with Gasteiger partial charge in [0.1, 0.15) is 5.15 Å². The van der Waals surface area contributed by atoms with Crippen LogP contribution in [0.1, 0.15) is 23.2 Å². The maximum Gasteiger partial charge on any atom is 0.254 e. The first-order chi connectivity index (χ1) is 8.61. The maximum atomic E-state index is 11.9. The molecule has 0 unspecified atom stereocenters. The number of hydrogen-bond acceptors (Lipinski definition) is 4. The number of rotatable bonds is 3. The fraction of sp³-hybridized carbons (Fsp3) is 0.500. The van der Waals surface area contributed by atoms with Crippen molar-refractivity contribution in [2.24, 2.45) is 0 Å². The lowest BCUT2D eigenvalue weighted by molar-refractivity contribution is 0.0311. The molecule has 1 aliphatic heterocycles. The Hall–Kier alpha value is -0.780. The number of hydrogen-bond donors (Lipinski definition) is 2. The lowest BCUT2D eigenvalue weighted by Crippen LogP contribution is -2.45. The molecule has 0 spiro atoms. The van der Waals surface area contributed by atoms with Gasteiger partial charge in [0.25, 0.3) is 5.91 Å². The molecule has 2 heterocycles. The Labute approximate surface area is 115 Å². The van der Waals surface area contributed by atoms with Gasteiger partial charge in [0.05, 0.1) is 11.2 Å². The fourth-order valence-corrected chi connectivity index (χ4v) is 3.28. The summed E-state index contributed by atoms with van der Waals surface area (Å²) in [5, 5.41) is 13.2. The lowest BCUT2D eigenvalue weighted by Gasteiger charge is -2.31. The summed E-state index contributed by atoms with van der Waals surface area (Å²) >= 11 is 7.66. The molecule has 1 fully saturated rings. The minimum absolute atomic E-state index is 0.182. The number of thioether (sulfide) groups is 1. The molecule has 18 heavy (non-hydrogen) atoms. The van der Waals surface area contributed by atoms with Gasteiger partial charge in [-0.1, -0.05) is 11.6 Å². The molecule has 1 amide bonds. The topological polar surface area (TPSA) is 62.2 Å². The zero-order valence-corrected chi connectivity index (χ0v) is 11.4. The van der Waals surface area contributed by atoms with Crippen LogP contribution in [0.15, 0.2) is 18.3 Å². The van der Waals surface area contributed by atoms with Crippen LogP contribution in [0.2, 0.25) is 5.15 Å². The highest BCUT2D eigenvalue weighted by molar-refractivity contribution is 7.99. The number of nitrogens with one attached hydrogen (secondary N) is 1. The van der Waals surface area contributed by atoms with Gasteiger partial charge in [0, 0.05) is 12.7 Å². The summed E-state index contributed by atoms with van der Waals surface area (Å²) in [6, 6.07) is 3.28. The van der Waals surface area contributed by atoms with Gasteiger partial charge in [-0.25, -0.2) is 4.98 Å². The third kappa shape index (κ3) is 3.37. The summed E-state index contributed by atoms with van der Waals surface area (Å²) in [6.45, 7) is 0.262. The summed E-state index contributed by atoms with van der Waals surface area (Å²) in [5.41, 5.74) is -0.441. The Morgan fingerprint density at radius 1 is 1.56 bits per heavy atom. The highest BCUT2D eigenvalue weighted by Gasteiger charge is 2.30. The number of halogens is 1. The van der Waals surface area contributed by atoms with E-state index in [0.717, 1.165) is 11.5 Å². The summed E-state index contributed by atoms with van der Waals surface area (Å²) < 4.78 is 0. The molecule has 0 atom stereocenters. The fourth-order valence-electron chi connectivity index (χ4n) is 1.82. The minimum atomic E-state index is -0.782. The molecule has 0 bridgehead atoms. The van der Waals surface area contributed by atoms with E-state index in [2.05, 4.69) is 10.3 Å². The standard InChI is InChI=1S/C12H15ClN2O2S/c13-10-9(2-1-5-14-10)11(16)15-8-12(17)3-6-18-7-4-12/h1-2,5,17H,3-4,6-8H2,(H,15,16). The second-order valence-corrected chi connectivity index (χ2v) is 5.94. The molecule has 2 rings (SSSR count). The number of aromatic nitrogens is 1. The van der Waals surface area contributed by atoms with E-state index < -0.39 is 5.60 Å². The van der Waals surface area contributed by atoms with Crippen molar-refractivity contribution in [3.05, 3.63) is 29.0 Å². The number of aliphatic hydroxyl groups is 1. The van der Waals surface area contributed by atoms with E-state index in [1.807, 2.05) is 11.8 Å². The molecule has 4 nitrogen and oxygen atoms in total. The van der Waals surface area contributed by atoms with Gasteiger partial charge in [-0.15, -0.1) is 0 Å². The third-order valence-electron chi connectivity index (χ3n) is 3.01. The molecule has 1 saturated heterocycles. The van der Waals surface area contributed by atoms with Crippen molar-refractivity contribution in [1.82, 2.24) is 10.3 Å². The average Bonchev–Trinajstić information content (AvgIpc) is 2.38. The van der Waals surface area contributed by atoms with Gasteiger partial charge in [-0.05, 0) is 36.5 Å². The molecule has 1 aromatic rings. The Morgan fingerprint density at radius 3 is 2.94 bits per heavy atom. The maximum absolute atomic E-state index is 11.9. The molecule has 1 aliphatic rings. The van der Waals surface area contributed by atoms with Crippen molar-refractivity contribution in [1.29, 1.82) is 0 Å². The monoisotopic (exact) mass is 286 g/mol. The van der Waals surface area contributed by atoms with Crippen LogP contribution in [0.4, 0.5) is 0 Å². The Balaban J connectivity index is 1.94. The summed E-state index contributed by atoms with van der Waals surface area (Å²) in [7, 11) is 0. The minimum Gasteiger partial charge on any atom is -0.388 e. The quantitative estimate of drug-likeness (QED) is 0.831. The van der Waals surface area contributed by atoms with Gasteiger partial charge in [-0.3, -0.25) is 4.79 Å².